The summed E-state index contributed by atoms with van der Waals surface area (Å²) in [5.74, 6) is -0.685. The van der Waals surface area contributed by atoms with Gasteiger partial charge in [0, 0.05) is 19.0 Å². The molecule has 0 aromatic rings. The molecule has 1 aliphatic rings. The van der Waals surface area contributed by atoms with E-state index < -0.39 is 5.97 Å². The smallest absolute Gasteiger partial charge is 0.303 e. The molecule has 0 amide bonds. The molecule has 0 bridgehead atoms. The van der Waals surface area contributed by atoms with Gasteiger partial charge in [-0.25, -0.2) is 0 Å². The molecule has 0 aliphatic carbocycles. The summed E-state index contributed by atoms with van der Waals surface area (Å²) in [5.41, 5.74) is 0. The summed E-state index contributed by atoms with van der Waals surface area (Å²) in [5, 5.41) is 8.69. The van der Waals surface area contributed by atoms with Gasteiger partial charge in [0.05, 0.1) is 0 Å². The van der Waals surface area contributed by atoms with Gasteiger partial charge in [-0.2, -0.15) is 0 Å². The van der Waals surface area contributed by atoms with Crippen LogP contribution in [0.25, 0.3) is 0 Å². The minimum Gasteiger partial charge on any atom is -0.481 e. The molecule has 4 heteroatoms. The minimum absolute atomic E-state index is 0.284. The molecule has 1 heterocycles. The average Bonchev–Trinajstić information content (AvgIpc) is 2.37. The number of likely N-dealkylation sites (N-methyl/N-ethyl adjacent to an activating group) is 2. The monoisotopic (exact) mass is 214 g/mol. The lowest BCUT2D eigenvalue weighted by Gasteiger charge is -2.27. The van der Waals surface area contributed by atoms with Crippen LogP contribution in [0.4, 0.5) is 0 Å². The van der Waals surface area contributed by atoms with E-state index in [4.69, 9.17) is 5.11 Å². The van der Waals surface area contributed by atoms with E-state index in [2.05, 4.69) is 23.8 Å². The van der Waals surface area contributed by atoms with Crippen molar-refractivity contribution in [3.05, 3.63) is 0 Å². The van der Waals surface area contributed by atoms with Gasteiger partial charge in [-0.05, 0) is 39.5 Å². The van der Waals surface area contributed by atoms with Crippen LogP contribution >= 0.6 is 0 Å². The van der Waals surface area contributed by atoms with Crippen LogP contribution in [0.5, 0.6) is 0 Å². The molecular formula is C11H22N2O2. The van der Waals surface area contributed by atoms with Crippen molar-refractivity contribution < 1.29 is 9.90 Å². The number of carboxylic acid groups (broad SMARTS) is 1. The van der Waals surface area contributed by atoms with E-state index in [9.17, 15) is 4.79 Å². The maximum absolute atomic E-state index is 10.6. The molecule has 1 rings (SSSR count). The Kier molecular flexibility index (Phi) is 5.05. The quantitative estimate of drug-likeness (QED) is 0.754. The number of nitrogens with zero attached hydrogens (tertiary/aromatic N) is 2. The number of hydrogen-bond donors (Lipinski definition) is 1. The van der Waals surface area contributed by atoms with Crippen LogP contribution < -0.4 is 0 Å². The zero-order chi connectivity index (χ0) is 11.3. The topological polar surface area (TPSA) is 43.8 Å². The molecule has 0 saturated carbocycles. The Balaban J connectivity index is 2.45. The van der Waals surface area contributed by atoms with Gasteiger partial charge in [0.25, 0.3) is 0 Å². The Bertz CT molecular complexity index is 209. The summed E-state index contributed by atoms with van der Waals surface area (Å²) in [7, 11) is 2.10. The third kappa shape index (κ3) is 4.18. The van der Waals surface area contributed by atoms with Crippen LogP contribution in [0.1, 0.15) is 26.2 Å². The van der Waals surface area contributed by atoms with Crippen LogP contribution in [0, 0.1) is 0 Å². The molecule has 1 unspecified atom stereocenters. The van der Waals surface area contributed by atoms with Crippen molar-refractivity contribution in [1.29, 1.82) is 0 Å². The lowest BCUT2D eigenvalue weighted by atomic mass is 10.1. The van der Waals surface area contributed by atoms with Gasteiger partial charge in [-0.1, -0.05) is 6.92 Å². The second-order valence-electron chi connectivity index (χ2n) is 4.31. The molecule has 0 aromatic carbocycles. The first-order valence-electron chi connectivity index (χ1n) is 5.78. The number of carbonyl (C=O) groups is 1. The van der Waals surface area contributed by atoms with Crippen LogP contribution in [0.2, 0.25) is 0 Å². The Morgan fingerprint density at radius 3 is 2.80 bits per heavy atom. The van der Waals surface area contributed by atoms with Gasteiger partial charge >= 0.3 is 5.97 Å². The first-order chi connectivity index (χ1) is 7.13. The van der Waals surface area contributed by atoms with Crippen molar-refractivity contribution in [3.63, 3.8) is 0 Å². The Hall–Kier alpha value is -0.610. The normalized spacial score (nSPS) is 25.1. The lowest BCUT2D eigenvalue weighted by molar-refractivity contribution is -0.137. The van der Waals surface area contributed by atoms with Crippen molar-refractivity contribution >= 4 is 5.97 Å². The highest BCUT2D eigenvalue weighted by atomic mass is 16.4. The molecule has 15 heavy (non-hydrogen) atoms. The minimum atomic E-state index is -0.685. The molecule has 1 atom stereocenters. The van der Waals surface area contributed by atoms with Crippen LogP contribution in [-0.4, -0.2) is 60.1 Å². The summed E-state index contributed by atoms with van der Waals surface area (Å²) in [6.45, 7) is 6.47. The van der Waals surface area contributed by atoms with Gasteiger partial charge in [0.15, 0.2) is 0 Å². The van der Waals surface area contributed by atoms with Crippen LogP contribution in [0.15, 0.2) is 0 Å². The van der Waals surface area contributed by atoms with Gasteiger partial charge in [-0.3, -0.25) is 4.79 Å². The van der Waals surface area contributed by atoms with E-state index >= 15 is 0 Å². The van der Waals surface area contributed by atoms with Crippen molar-refractivity contribution in [3.8, 4) is 0 Å². The fourth-order valence-corrected chi connectivity index (χ4v) is 2.14. The number of hydrogen-bond acceptors (Lipinski definition) is 3. The van der Waals surface area contributed by atoms with Gasteiger partial charge in [0.1, 0.15) is 0 Å². The van der Waals surface area contributed by atoms with Gasteiger partial charge in [0.2, 0.25) is 0 Å². The molecule has 4 nitrogen and oxygen atoms in total. The molecule has 1 fully saturated rings. The van der Waals surface area contributed by atoms with Crippen LogP contribution in [0.3, 0.4) is 0 Å². The highest BCUT2D eigenvalue weighted by Gasteiger charge is 2.21. The Labute approximate surface area is 91.9 Å². The van der Waals surface area contributed by atoms with Crippen LogP contribution in [-0.2, 0) is 4.79 Å². The fraction of sp³-hybridized carbons (Fsp3) is 0.909. The predicted molar refractivity (Wildman–Crippen MR) is 60.0 cm³/mol. The third-order valence-electron chi connectivity index (χ3n) is 3.22. The highest BCUT2D eigenvalue weighted by Crippen LogP contribution is 2.12. The second-order valence-corrected chi connectivity index (χ2v) is 4.31. The largest absolute Gasteiger partial charge is 0.481 e. The zero-order valence-electron chi connectivity index (χ0n) is 9.78. The highest BCUT2D eigenvalue weighted by molar-refractivity contribution is 5.66. The van der Waals surface area contributed by atoms with Gasteiger partial charge in [-0.15, -0.1) is 0 Å². The maximum atomic E-state index is 10.6. The van der Waals surface area contributed by atoms with E-state index in [1.165, 1.54) is 6.42 Å². The van der Waals surface area contributed by atoms with E-state index in [1.54, 1.807) is 0 Å². The molecule has 1 aliphatic heterocycles. The molecule has 1 saturated heterocycles. The van der Waals surface area contributed by atoms with Crippen molar-refractivity contribution in [2.45, 2.75) is 32.2 Å². The third-order valence-corrected chi connectivity index (χ3v) is 3.22. The van der Waals surface area contributed by atoms with E-state index in [0.717, 1.165) is 32.6 Å². The van der Waals surface area contributed by atoms with Crippen molar-refractivity contribution in [1.82, 2.24) is 9.80 Å². The molecule has 1 N–H and O–H groups in total. The maximum Gasteiger partial charge on any atom is 0.303 e. The summed E-state index contributed by atoms with van der Waals surface area (Å²) < 4.78 is 0. The van der Waals surface area contributed by atoms with E-state index in [1.807, 2.05) is 0 Å². The Morgan fingerprint density at radius 1 is 1.47 bits per heavy atom. The molecular weight excluding hydrogens is 192 g/mol. The summed E-state index contributed by atoms with van der Waals surface area (Å²) in [6.07, 6.45) is 2.24. The van der Waals surface area contributed by atoms with E-state index in [0.29, 0.717) is 6.04 Å². The zero-order valence-corrected chi connectivity index (χ0v) is 9.78. The average molecular weight is 214 g/mol. The second kappa shape index (κ2) is 6.08. The fourth-order valence-electron chi connectivity index (χ4n) is 2.14. The molecule has 0 radical (unpaired) electrons. The Morgan fingerprint density at radius 2 is 2.20 bits per heavy atom. The predicted octanol–water partition coefficient (Wildman–Crippen LogP) is 0.877. The number of rotatable bonds is 4. The number of carboxylic acids is 1. The summed E-state index contributed by atoms with van der Waals surface area (Å²) >= 11 is 0. The number of aliphatic carboxylic acids is 1. The molecule has 0 aromatic heterocycles. The summed E-state index contributed by atoms with van der Waals surface area (Å²) in [4.78, 5) is 15.3. The molecule has 0 spiro atoms. The van der Waals surface area contributed by atoms with Gasteiger partial charge < -0.3 is 14.9 Å². The van der Waals surface area contributed by atoms with E-state index in [-0.39, 0.29) is 6.42 Å². The molecule has 88 valence electrons. The lowest BCUT2D eigenvalue weighted by Crippen LogP contribution is -2.39. The SMILES string of the molecule is CCN1CCCN(C)C(CCC(=O)O)C1. The standard InChI is InChI=1S/C11H22N2O2/c1-3-13-8-4-7-12(2)10(9-13)5-6-11(14)15/h10H,3-9H2,1-2H3,(H,14,15). The van der Waals surface area contributed by atoms with Crippen molar-refractivity contribution in [2.24, 2.45) is 0 Å². The van der Waals surface area contributed by atoms with Crippen molar-refractivity contribution in [2.75, 3.05) is 33.2 Å². The first-order valence-corrected chi connectivity index (χ1v) is 5.78. The summed E-state index contributed by atoms with van der Waals surface area (Å²) in [6, 6.07) is 0.406. The first kappa shape index (κ1) is 12.5.